The van der Waals surface area contributed by atoms with Crippen LogP contribution < -0.4 is 4.74 Å². The van der Waals surface area contributed by atoms with Crippen molar-refractivity contribution in [2.75, 3.05) is 13.6 Å². The van der Waals surface area contributed by atoms with Crippen LogP contribution in [0.3, 0.4) is 0 Å². The smallest absolute Gasteiger partial charge is 0.228 e. The molecule has 0 N–H and O–H groups in total. The maximum Gasteiger partial charge on any atom is 0.228 e. The Morgan fingerprint density at radius 3 is 2.48 bits per heavy atom. The van der Waals surface area contributed by atoms with Crippen molar-refractivity contribution in [2.24, 2.45) is 4.99 Å². The van der Waals surface area contributed by atoms with E-state index in [9.17, 15) is 13.2 Å². The van der Waals surface area contributed by atoms with E-state index in [0.717, 1.165) is 18.7 Å². The van der Waals surface area contributed by atoms with Crippen molar-refractivity contribution in [3.8, 4) is 5.88 Å². The number of ether oxygens (including phenoxy) is 1. The van der Waals surface area contributed by atoms with Crippen LogP contribution in [0.1, 0.15) is 18.2 Å². The SMILES string of the molecule is CCN(C)/C=N/c1cc(Br)c(OCc2cc(F)c(F)c(F)c2)nc1C. The van der Waals surface area contributed by atoms with Gasteiger partial charge in [0.05, 0.1) is 22.2 Å². The molecule has 2 rings (SSSR count). The lowest BCUT2D eigenvalue weighted by Gasteiger charge is -2.11. The molecule has 2 aromatic rings. The van der Waals surface area contributed by atoms with E-state index in [1.165, 1.54) is 0 Å². The third-order valence-electron chi connectivity index (χ3n) is 3.42. The average Bonchev–Trinajstić information content (AvgIpc) is 2.58. The van der Waals surface area contributed by atoms with Crippen LogP contribution in [-0.2, 0) is 6.61 Å². The van der Waals surface area contributed by atoms with Crippen molar-refractivity contribution < 1.29 is 17.9 Å². The molecule has 1 aromatic heterocycles. The van der Waals surface area contributed by atoms with Crippen molar-refractivity contribution in [3.05, 3.63) is 51.4 Å². The second-order valence-corrected chi connectivity index (χ2v) is 6.21. The van der Waals surface area contributed by atoms with Crippen LogP contribution in [0.15, 0.2) is 27.7 Å². The third kappa shape index (κ3) is 4.94. The Balaban J connectivity index is 2.15. The monoisotopic (exact) mass is 415 g/mol. The second-order valence-electron chi connectivity index (χ2n) is 5.36. The molecule has 0 radical (unpaired) electrons. The fourth-order valence-electron chi connectivity index (χ4n) is 1.87. The summed E-state index contributed by atoms with van der Waals surface area (Å²) in [6.45, 7) is 4.45. The molecule has 1 heterocycles. The topological polar surface area (TPSA) is 37.7 Å². The summed E-state index contributed by atoms with van der Waals surface area (Å²) < 4.78 is 45.4. The van der Waals surface area contributed by atoms with E-state index < -0.39 is 17.5 Å². The molecule has 4 nitrogen and oxygen atoms in total. The highest BCUT2D eigenvalue weighted by Gasteiger charge is 2.13. The van der Waals surface area contributed by atoms with Gasteiger partial charge in [0.1, 0.15) is 6.61 Å². The molecule has 0 bridgehead atoms. The molecule has 8 heteroatoms. The van der Waals surface area contributed by atoms with E-state index in [4.69, 9.17) is 4.74 Å². The minimum absolute atomic E-state index is 0.152. The molecule has 1 aromatic carbocycles. The highest BCUT2D eigenvalue weighted by molar-refractivity contribution is 9.10. The fraction of sp³-hybridized carbons (Fsp3) is 0.294. The number of aliphatic imine (C=N–C) groups is 1. The summed E-state index contributed by atoms with van der Waals surface area (Å²) in [6, 6.07) is 3.51. The van der Waals surface area contributed by atoms with Crippen LogP contribution in [-0.4, -0.2) is 29.8 Å². The Hall–Kier alpha value is -2.09. The summed E-state index contributed by atoms with van der Waals surface area (Å²) in [5, 5.41) is 0. The van der Waals surface area contributed by atoms with E-state index in [2.05, 4.69) is 25.9 Å². The normalized spacial score (nSPS) is 11.2. The van der Waals surface area contributed by atoms with Crippen molar-refractivity contribution in [1.29, 1.82) is 0 Å². The number of aryl methyl sites for hydroxylation is 1. The molecular weight excluding hydrogens is 399 g/mol. The van der Waals surface area contributed by atoms with Crippen LogP contribution in [0.2, 0.25) is 0 Å². The summed E-state index contributed by atoms with van der Waals surface area (Å²) in [6.07, 6.45) is 1.70. The quantitative estimate of drug-likeness (QED) is 0.387. The van der Waals surface area contributed by atoms with Gasteiger partial charge in [0.2, 0.25) is 5.88 Å². The molecular formula is C17H17BrF3N3O. The van der Waals surface area contributed by atoms with Gasteiger partial charge in [-0.15, -0.1) is 0 Å². The molecule has 0 saturated carbocycles. The lowest BCUT2D eigenvalue weighted by Crippen LogP contribution is -2.14. The van der Waals surface area contributed by atoms with Crippen LogP contribution in [0.5, 0.6) is 5.88 Å². The number of nitrogens with zero attached hydrogens (tertiary/aromatic N) is 3. The van der Waals surface area contributed by atoms with Crippen molar-refractivity contribution >= 4 is 28.0 Å². The van der Waals surface area contributed by atoms with Crippen LogP contribution >= 0.6 is 15.9 Å². The van der Waals surface area contributed by atoms with Gasteiger partial charge >= 0.3 is 0 Å². The predicted molar refractivity (Wildman–Crippen MR) is 93.8 cm³/mol. The summed E-state index contributed by atoms with van der Waals surface area (Å²) in [5.74, 6) is -3.76. The maximum atomic E-state index is 13.2. The van der Waals surface area contributed by atoms with Gasteiger partial charge < -0.3 is 9.64 Å². The van der Waals surface area contributed by atoms with Crippen molar-refractivity contribution in [1.82, 2.24) is 9.88 Å². The number of rotatable bonds is 6. The molecule has 0 spiro atoms. The number of pyridine rings is 1. The Morgan fingerprint density at radius 2 is 1.88 bits per heavy atom. The first-order chi connectivity index (χ1) is 11.8. The zero-order chi connectivity index (χ0) is 18.6. The van der Waals surface area contributed by atoms with Gasteiger partial charge in [-0.05, 0) is 53.5 Å². The molecule has 134 valence electrons. The van der Waals surface area contributed by atoms with Gasteiger partial charge in [0, 0.05) is 13.6 Å². The summed E-state index contributed by atoms with van der Waals surface area (Å²) >= 11 is 3.34. The first-order valence-electron chi connectivity index (χ1n) is 7.49. The summed E-state index contributed by atoms with van der Waals surface area (Å²) in [4.78, 5) is 10.5. The van der Waals surface area contributed by atoms with Gasteiger partial charge in [0.25, 0.3) is 0 Å². The Bertz CT molecular complexity index is 776. The lowest BCUT2D eigenvalue weighted by molar-refractivity contribution is 0.289. The van der Waals surface area contributed by atoms with Gasteiger partial charge in [-0.3, -0.25) is 0 Å². The second kappa shape index (κ2) is 8.33. The van der Waals surface area contributed by atoms with E-state index in [-0.39, 0.29) is 18.1 Å². The van der Waals surface area contributed by atoms with E-state index in [1.807, 2.05) is 18.9 Å². The number of hydrogen-bond donors (Lipinski definition) is 0. The lowest BCUT2D eigenvalue weighted by atomic mass is 10.2. The van der Waals surface area contributed by atoms with Crippen LogP contribution in [0.4, 0.5) is 18.9 Å². The summed E-state index contributed by atoms with van der Waals surface area (Å²) in [7, 11) is 1.90. The molecule has 0 unspecified atom stereocenters. The fourth-order valence-corrected chi connectivity index (χ4v) is 2.29. The highest BCUT2D eigenvalue weighted by Crippen LogP contribution is 2.30. The predicted octanol–water partition coefficient (Wildman–Crippen LogP) is 4.76. The minimum atomic E-state index is -1.50. The number of hydrogen-bond acceptors (Lipinski definition) is 3. The standard InChI is InChI=1S/C17H17BrF3N3O/c1-4-24(3)9-22-15-7-12(18)17(23-10(15)2)25-8-11-5-13(19)16(21)14(20)6-11/h5-7,9H,4,8H2,1-3H3/b22-9+. The molecule has 25 heavy (non-hydrogen) atoms. The minimum Gasteiger partial charge on any atom is -0.472 e. The first-order valence-corrected chi connectivity index (χ1v) is 8.29. The molecule has 0 aliphatic heterocycles. The zero-order valence-electron chi connectivity index (χ0n) is 14.0. The molecule has 0 saturated heterocycles. The molecule has 0 amide bonds. The van der Waals surface area contributed by atoms with Gasteiger partial charge in [-0.1, -0.05) is 0 Å². The Morgan fingerprint density at radius 1 is 1.24 bits per heavy atom. The number of aromatic nitrogens is 1. The van der Waals surface area contributed by atoms with Gasteiger partial charge in [-0.2, -0.15) is 0 Å². The Kier molecular flexibility index (Phi) is 6.41. The molecule has 0 atom stereocenters. The molecule has 0 aliphatic carbocycles. The maximum absolute atomic E-state index is 13.2. The van der Waals surface area contributed by atoms with E-state index in [1.54, 1.807) is 19.3 Å². The first kappa shape index (κ1) is 19.2. The van der Waals surface area contributed by atoms with Crippen LogP contribution in [0.25, 0.3) is 0 Å². The van der Waals surface area contributed by atoms with Gasteiger partial charge in [-0.25, -0.2) is 23.1 Å². The number of halogens is 4. The average molecular weight is 416 g/mol. The van der Waals surface area contributed by atoms with Gasteiger partial charge in [0.15, 0.2) is 17.5 Å². The van der Waals surface area contributed by atoms with E-state index >= 15 is 0 Å². The highest BCUT2D eigenvalue weighted by atomic mass is 79.9. The number of benzene rings is 1. The zero-order valence-corrected chi connectivity index (χ0v) is 15.6. The Labute approximate surface area is 152 Å². The summed E-state index contributed by atoms with van der Waals surface area (Å²) in [5.41, 5.74) is 1.46. The largest absolute Gasteiger partial charge is 0.472 e. The molecule has 0 fully saturated rings. The van der Waals surface area contributed by atoms with Crippen molar-refractivity contribution in [2.45, 2.75) is 20.5 Å². The van der Waals surface area contributed by atoms with Crippen LogP contribution in [0, 0.1) is 24.4 Å². The molecule has 0 aliphatic rings. The third-order valence-corrected chi connectivity index (χ3v) is 3.99. The van der Waals surface area contributed by atoms with E-state index in [0.29, 0.717) is 15.9 Å². The van der Waals surface area contributed by atoms with Crippen molar-refractivity contribution in [3.63, 3.8) is 0 Å².